The molecule has 72 valence electrons. The summed E-state index contributed by atoms with van der Waals surface area (Å²) in [6, 6.07) is 0. The van der Waals surface area contributed by atoms with Gasteiger partial charge in [0.1, 0.15) is 0 Å². The van der Waals surface area contributed by atoms with Crippen LogP contribution in [0.3, 0.4) is 0 Å². The molecule has 2 aliphatic rings. The van der Waals surface area contributed by atoms with Crippen molar-refractivity contribution in [2.45, 2.75) is 46.5 Å². The first-order valence-electron chi connectivity index (χ1n) is 5.47. The molecule has 0 radical (unpaired) electrons. The van der Waals surface area contributed by atoms with Gasteiger partial charge in [0.05, 0.1) is 0 Å². The Morgan fingerprint density at radius 1 is 1.38 bits per heavy atom. The standard InChI is InChI=1S/C13H20/c1-10-6-7-12-11(9-10)5-4-8-13(12,2)3/h5,9,12H,4,6-8H2,1-3H3/t12-/m1/s1. The van der Waals surface area contributed by atoms with Crippen LogP contribution in [0.25, 0.3) is 0 Å². The Labute approximate surface area is 81.7 Å². The van der Waals surface area contributed by atoms with Crippen LogP contribution in [0.5, 0.6) is 0 Å². The smallest absolute Gasteiger partial charge is 0.0111 e. The molecule has 0 saturated heterocycles. The monoisotopic (exact) mass is 176 g/mol. The Morgan fingerprint density at radius 3 is 2.92 bits per heavy atom. The lowest BCUT2D eigenvalue weighted by molar-refractivity contribution is 0.204. The lowest BCUT2D eigenvalue weighted by atomic mass is 9.64. The van der Waals surface area contributed by atoms with Gasteiger partial charge in [-0.1, -0.05) is 31.6 Å². The quantitative estimate of drug-likeness (QED) is 0.521. The van der Waals surface area contributed by atoms with Crippen LogP contribution in [0.4, 0.5) is 0 Å². The second-order valence-electron chi connectivity index (χ2n) is 5.31. The Bertz CT molecular complexity index is 266. The number of hydrogen-bond donors (Lipinski definition) is 0. The molecule has 2 rings (SSSR count). The van der Waals surface area contributed by atoms with Gasteiger partial charge in [-0.3, -0.25) is 0 Å². The molecule has 13 heavy (non-hydrogen) atoms. The minimum Gasteiger partial charge on any atom is -0.0810 e. The maximum Gasteiger partial charge on any atom is -0.0111 e. The van der Waals surface area contributed by atoms with Gasteiger partial charge >= 0.3 is 0 Å². The Balaban J connectivity index is 2.32. The Kier molecular flexibility index (Phi) is 2.09. The van der Waals surface area contributed by atoms with E-state index in [9.17, 15) is 0 Å². The summed E-state index contributed by atoms with van der Waals surface area (Å²) in [6.45, 7) is 7.12. The molecule has 0 fully saturated rings. The normalized spacial score (nSPS) is 31.8. The van der Waals surface area contributed by atoms with Crippen molar-refractivity contribution in [1.29, 1.82) is 0 Å². The number of fused-ring (bicyclic) bond motifs is 1. The zero-order chi connectivity index (χ0) is 9.47. The molecule has 0 heterocycles. The van der Waals surface area contributed by atoms with Crippen LogP contribution in [0.15, 0.2) is 23.3 Å². The highest BCUT2D eigenvalue weighted by molar-refractivity contribution is 5.32. The number of allylic oxidation sites excluding steroid dienone is 4. The summed E-state index contributed by atoms with van der Waals surface area (Å²) in [5.41, 5.74) is 3.74. The molecule has 0 saturated carbocycles. The molecule has 0 bridgehead atoms. The van der Waals surface area contributed by atoms with E-state index in [2.05, 4.69) is 32.9 Å². The molecule has 0 unspecified atom stereocenters. The van der Waals surface area contributed by atoms with E-state index in [0.717, 1.165) is 5.92 Å². The number of hydrogen-bond acceptors (Lipinski definition) is 0. The molecular weight excluding hydrogens is 156 g/mol. The maximum atomic E-state index is 2.46. The third kappa shape index (κ3) is 1.59. The van der Waals surface area contributed by atoms with E-state index in [0.29, 0.717) is 5.41 Å². The Morgan fingerprint density at radius 2 is 2.15 bits per heavy atom. The molecule has 0 aromatic heterocycles. The zero-order valence-electron chi connectivity index (χ0n) is 9.06. The van der Waals surface area contributed by atoms with Gasteiger partial charge in [-0.15, -0.1) is 0 Å². The second-order valence-corrected chi connectivity index (χ2v) is 5.31. The van der Waals surface area contributed by atoms with Gasteiger partial charge in [-0.2, -0.15) is 0 Å². The molecule has 1 atom stereocenters. The van der Waals surface area contributed by atoms with Crippen molar-refractivity contribution in [3.63, 3.8) is 0 Å². The summed E-state index contributed by atoms with van der Waals surface area (Å²) in [4.78, 5) is 0. The van der Waals surface area contributed by atoms with Crippen molar-refractivity contribution in [2.75, 3.05) is 0 Å². The Hall–Kier alpha value is -0.520. The van der Waals surface area contributed by atoms with Crippen LogP contribution in [-0.2, 0) is 0 Å². The molecule has 0 aliphatic heterocycles. The summed E-state index contributed by atoms with van der Waals surface area (Å²) < 4.78 is 0. The summed E-state index contributed by atoms with van der Waals surface area (Å²) >= 11 is 0. The largest absolute Gasteiger partial charge is 0.0810 e. The molecule has 0 aromatic carbocycles. The van der Waals surface area contributed by atoms with Crippen molar-refractivity contribution < 1.29 is 0 Å². The maximum absolute atomic E-state index is 2.46. The second kappa shape index (κ2) is 3.01. The third-order valence-corrected chi connectivity index (χ3v) is 3.75. The summed E-state index contributed by atoms with van der Waals surface area (Å²) in [7, 11) is 0. The summed E-state index contributed by atoms with van der Waals surface area (Å²) in [5.74, 6) is 0.838. The van der Waals surface area contributed by atoms with Gasteiger partial charge in [0.25, 0.3) is 0 Å². The average Bonchev–Trinajstić information content (AvgIpc) is 2.02. The summed E-state index contributed by atoms with van der Waals surface area (Å²) in [6.07, 6.45) is 10.2. The topological polar surface area (TPSA) is 0 Å². The predicted molar refractivity (Wildman–Crippen MR) is 57.6 cm³/mol. The molecule has 0 spiro atoms. The minimum absolute atomic E-state index is 0.543. The van der Waals surface area contributed by atoms with Gasteiger partial charge in [0.15, 0.2) is 0 Å². The van der Waals surface area contributed by atoms with Gasteiger partial charge in [0, 0.05) is 0 Å². The zero-order valence-corrected chi connectivity index (χ0v) is 9.06. The SMILES string of the molecule is CC1=CC2=CCCC(C)(C)[C@@H]2CC1. The molecule has 0 aromatic rings. The highest BCUT2D eigenvalue weighted by Gasteiger charge is 2.34. The van der Waals surface area contributed by atoms with Crippen molar-refractivity contribution >= 4 is 0 Å². The van der Waals surface area contributed by atoms with Gasteiger partial charge in [0.2, 0.25) is 0 Å². The lowest BCUT2D eigenvalue weighted by Gasteiger charge is -2.41. The fourth-order valence-corrected chi connectivity index (χ4v) is 2.82. The van der Waals surface area contributed by atoms with Crippen molar-refractivity contribution in [2.24, 2.45) is 11.3 Å². The predicted octanol–water partition coefficient (Wildman–Crippen LogP) is 4.09. The number of rotatable bonds is 0. The van der Waals surface area contributed by atoms with Crippen LogP contribution < -0.4 is 0 Å². The van der Waals surface area contributed by atoms with Crippen LogP contribution in [0, 0.1) is 11.3 Å². The molecule has 0 nitrogen and oxygen atoms in total. The van der Waals surface area contributed by atoms with Crippen LogP contribution in [0.2, 0.25) is 0 Å². The van der Waals surface area contributed by atoms with E-state index in [-0.39, 0.29) is 0 Å². The molecule has 0 amide bonds. The van der Waals surface area contributed by atoms with Crippen LogP contribution >= 0.6 is 0 Å². The third-order valence-electron chi connectivity index (χ3n) is 3.75. The molecular formula is C13H20. The van der Waals surface area contributed by atoms with E-state index in [1.54, 1.807) is 11.1 Å². The van der Waals surface area contributed by atoms with Crippen LogP contribution in [-0.4, -0.2) is 0 Å². The fourth-order valence-electron chi connectivity index (χ4n) is 2.82. The van der Waals surface area contributed by atoms with E-state index in [1.165, 1.54) is 25.7 Å². The first-order valence-corrected chi connectivity index (χ1v) is 5.47. The van der Waals surface area contributed by atoms with Crippen LogP contribution in [0.1, 0.15) is 46.5 Å². The molecule has 0 N–H and O–H groups in total. The van der Waals surface area contributed by atoms with Gasteiger partial charge in [-0.05, 0) is 49.5 Å². The van der Waals surface area contributed by atoms with E-state index in [1.807, 2.05) is 0 Å². The van der Waals surface area contributed by atoms with E-state index in [4.69, 9.17) is 0 Å². The average molecular weight is 176 g/mol. The van der Waals surface area contributed by atoms with E-state index < -0.39 is 0 Å². The molecule has 2 aliphatic carbocycles. The summed E-state index contributed by atoms with van der Waals surface area (Å²) in [5, 5.41) is 0. The van der Waals surface area contributed by atoms with Crippen molar-refractivity contribution in [3.05, 3.63) is 23.3 Å². The fraction of sp³-hybridized carbons (Fsp3) is 0.692. The first kappa shape index (κ1) is 9.05. The van der Waals surface area contributed by atoms with Gasteiger partial charge < -0.3 is 0 Å². The first-order chi connectivity index (χ1) is 6.09. The minimum atomic E-state index is 0.543. The molecule has 0 heteroatoms. The highest BCUT2D eigenvalue weighted by Crippen LogP contribution is 2.46. The van der Waals surface area contributed by atoms with Crippen molar-refractivity contribution in [1.82, 2.24) is 0 Å². The lowest BCUT2D eigenvalue weighted by Crippen LogP contribution is -2.29. The van der Waals surface area contributed by atoms with Gasteiger partial charge in [-0.25, -0.2) is 0 Å². The highest BCUT2D eigenvalue weighted by atomic mass is 14.4. The van der Waals surface area contributed by atoms with E-state index >= 15 is 0 Å². The van der Waals surface area contributed by atoms with Crippen molar-refractivity contribution in [3.8, 4) is 0 Å².